The van der Waals surface area contributed by atoms with E-state index in [0.29, 0.717) is 17.5 Å². The first-order valence-corrected chi connectivity index (χ1v) is 5.19. The van der Waals surface area contributed by atoms with E-state index >= 15 is 0 Å². The quantitative estimate of drug-likeness (QED) is 0.506. The molecule has 0 aliphatic heterocycles. The van der Waals surface area contributed by atoms with Crippen LogP contribution in [0.3, 0.4) is 0 Å². The van der Waals surface area contributed by atoms with Crippen molar-refractivity contribution in [3.8, 4) is 0 Å². The fraction of sp³-hybridized carbons (Fsp3) is 0.182. The number of amides is 1. The molecule has 1 amide bonds. The fourth-order valence-electron chi connectivity index (χ4n) is 1.08. The lowest BCUT2D eigenvalue weighted by Crippen LogP contribution is -2.24. The molecule has 17 heavy (non-hydrogen) atoms. The van der Waals surface area contributed by atoms with Crippen LogP contribution in [0.5, 0.6) is 0 Å². The molecule has 0 unspecified atom stereocenters. The molecule has 0 spiro atoms. The summed E-state index contributed by atoms with van der Waals surface area (Å²) in [6, 6.07) is 4.28. The van der Waals surface area contributed by atoms with Crippen LogP contribution in [0.2, 0.25) is 5.02 Å². The molecule has 0 aromatic heterocycles. The summed E-state index contributed by atoms with van der Waals surface area (Å²) in [7, 11) is 0. The molecule has 1 aromatic rings. The lowest BCUT2D eigenvalue weighted by molar-refractivity contribution is -0.152. The van der Waals surface area contributed by atoms with Crippen LogP contribution in [-0.2, 0) is 14.3 Å². The predicted octanol–water partition coefficient (Wildman–Crippen LogP) is 1.65. The minimum absolute atomic E-state index is 0.122. The molecule has 1 rings (SSSR count). The summed E-state index contributed by atoms with van der Waals surface area (Å²) in [6.07, 6.45) is 0.597. The first-order chi connectivity index (χ1) is 8.08. The molecule has 0 saturated heterocycles. The lowest BCUT2D eigenvalue weighted by Gasteiger charge is -2.05. The van der Waals surface area contributed by atoms with E-state index in [1.807, 2.05) is 0 Å². The van der Waals surface area contributed by atoms with Crippen molar-refractivity contribution in [3.63, 3.8) is 0 Å². The van der Waals surface area contributed by atoms with Gasteiger partial charge in [0.2, 0.25) is 0 Å². The number of rotatable bonds is 3. The Hall–Kier alpha value is -1.88. The van der Waals surface area contributed by atoms with Gasteiger partial charge in [0.05, 0.1) is 11.6 Å². The Balaban J connectivity index is 2.75. The van der Waals surface area contributed by atoms with E-state index < -0.39 is 11.9 Å². The third-order valence-electron chi connectivity index (χ3n) is 1.85. The van der Waals surface area contributed by atoms with Gasteiger partial charge in [-0.3, -0.25) is 9.59 Å². The van der Waals surface area contributed by atoms with E-state index in [1.165, 1.54) is 18.2 Å². The van der Waals surface area contributed by atoms with Gasteiger partial charge in [-0.25, -0.2) is 4.79 Å². The second-order valence-electron chi connectivity index (χ2n) is 3.03. The number of hydrogen-bond acceptors (Lipinski definition) is 4. The Morgan fingerprint density at radius 2 is 2.18 bits per heavy atom. The first kappa shape index (κ1) is 13.2. The van der Waals surface area contributed by atoms with Crippen LogP contribution < -0.4 is 5.32 Å². The summed E-state index contributed by atoms with van der Waals surface area (Å²) in [4.78, 5) is 32.8. The number of carbonyl (C=O) groups is 3. The van der Waals surface area contributed by atoms with Gasteiger partial charge in [-0.1, -0.05) is 11.6 Å². The monoisotopic (exact) mass is 255 g/mol. The van der Waals surface area contributed by atoms with E-state index in [9.17, 15) is 14.4 Å². The zero-order valence-electron chi connectivity index (χ0n) is 9.03. The van der Waals surface area contributed by atoms with E-state index in [0.717, 1.165) is 0 Å². The van der Waals surface area contributed by atoms with Gasteiger partial charge in [0.1, 0.15) is 0 Å². The maximum absolute atomic E-state index is 11.3. The predicted molar refractivity (Wildman–Crippen MR) is 62.1 cm³/mol. The molecular formula is C11H10ClNO4. The van der Waals surface area contributed by atoms with Gasteiger partial charge in [-0.05, 0) is 25.1 Å². The van der Waals surface area contributed by atoms with Crippen molar-refractivity contribution in [2.24, 2.45) is 0 Å². The maximum Gasteiger partial charge on any atom is 0.397 e. The fourth-order valence-corrected chi connectivity index (χ4v) is 1.30. The minimum atomic E-state index is -0.969. The van der Waals surface area contributed by atoms with Crippen LogP contribution in [-0.4, -0.2) is 24.8 Å². The highest BCUT2D eigenvalue weighted by Crippen LogP contribution is 2.19. The summed E-state index contributed by atoms with van der Waals surface area (Å²) in [5.74, 6) is -1.86. The summed E-state index contributed by atoms with van der Waals surface area (Å²) in [5.41, 5.74) is 0.624. The van der Waals surface area contributed by atoms with Gasteiger partial charge >= 0.3 is 11.9 Å². The number of carbonyl (C=O) groups excluding carboxylic acids is 3. The average molecular weight is 256 g/mol. The Morgan fingerprint density at radius 1 is 1.47 bits per heavy atom. The molecule has 1 N–H and O–H groups in total. The van der Waals surface area contributed by atoms with Crippen molar-refractivity contribution in [1.29, 1.82) is 0 Å². The topological polar surface area (TPSA) is 72.5 Å². The second-order valence-corrected chi connectivity index (χ2v) is 3.44. The van der Waals surface area contributed by atoms with Crippen LogP contribution in [0.4, 0.5) is 5.69 Å². The smallest absolute Gasteiger partial charge is 0.397 e. The van der Waals surface area contributed by atoms with Gasteiger partial charge in [-0.2, -0.15) is 0 Å². The minimum Gasteiger partial charge on any atom is -0.459 e. The van der Waals surface area contributed by atoms with Crippen molar-refractivity contribution in [2.45, 2.75) is 6.92 Å². The average Bonchev–Trinajstić information content (AvgIpc) is 2.29. The van der Waals surface area contributed by atoms with Gasteiger partial charge in [0, 0.05) is 11.3 Å². The summed E-state index contributed by atoms with van der Waals surface area (Å²) in [5, 5.41) is 2.50. The highest BCUT2D eigenvalue weighted by molar-refractivity contribution is 6.37. The molecule has 0 aliphatic rings. The normalized spacial score (nSPS) is 9.53. The zero-order valence-corrected chi connectivity index (χ0v) is 9.78. The molecule has 0 bridgehead atoms. The van der Waals surface area contributed by atoms with E-state index in [-0.39, 0.29) is 11.6 Å². The number of anilines is 1. The molecule has 0 fully saturated rings. The number of ether oxygens (including phenoxy) is 1. The molecule has 0 radical (unpaired) electrons. The molecule has 1 aromatic carbocycles. The lowest BCUT2D eigenvalue weighted by atomic mass is 10.2. The molecule has 0 heterocycles. The first-order valence-electron chi connectivity index (χ1n) is 4.81. The van der Waals surface area contributed by atoms with Crippen molar-refractivity contribution in [2.75, 3.05) is 11.9 Å². The largest absolute Gasteiger partial charge is 0.459 e. The van der Waals surface area contributed by atoms with Crippen molar-refractivity contribution < 1.29 is 19.1 Å². The van der Waals surface area contributed by atoms with E-state index in [1.54, 1.807) is 6.92 Å². The second kappa shape index (κ2) is 6.00. The third-order valence-corrected chi connectivity index (χ3v) is 2.17. The molecule has 0 aliphatic carbocycles. The number of halogens is 1. The van der Waals surface area contributed by atoms with Gasteiger partial charge < -0.3 is 10.1 Å². The molecule has 90 valence electrons. The van der Waals surface area contributed by atoms with Crippen LogP contribution in [0, 0.1) is 0 Å². The zero-order chi connectivity index (χ0) is 12.8. The number of benzene rings is 1. The Kier molecular flexibility index (Phi) is 4.66. The Labute approximate surface area is 103 Å². The molecule has 5 nitrogen and oxygen atoms in total. The highest BCUT2D eigenvalue weighted by atomic mass is 35.5. The van der Waals surface area contributed by atoms with Crippen molar-refractivity contribution in [3.05, 3.63) is 28.8 Å². The van der Waals surface area contributed by atoms with E-state index in [4.69, 9.17) is 11.6 Å². The number of aldehydes is 1. The summed E-state index contributed by atoms with van der Waals surface area (Å²) >= 11 is 5.75. The molecule has 6 heteroatoms. The molecule has 0 saturated carbocycles. The summed E-state index contributed by atoms with van der Waals surface area (Å²) in [6.45, 7) is 1.72. The SMILES string of the molecule is CCOC(=O)C(=O)Nc1ccc(C=O)c(Cl)c1. The maximum atomic E-state index is 11.3. The number of hydrogen-bond donors (Lipinski definition) is 1. The van der Waals surface area contributed by atoms with Crippen LogP contribution in [0.1, 0.15) is 17.3 Å². The molecular weight excluding hydrogens is 246 g/mol. The highest BCUT2D eigenvalue weighted by Gasteiger charge is 2.15. The third kappa shape index (κ3) is 3.57. The van der Waals surface area contributed by atoms with Gasteiger partial charge in [0.25, 0.3) is 0 Å². The van der Waals surface area contributed by atoms with Gasteiger partial charge in [-0.15, -0.1) is 0 Å². The van der Waals surface area contributed by atoms with E-state index in [2.05, 4.69) is 10.1 Å². The Morgan fingerprint density at radius 3 is 2.71 bits per heavy atom. The van der Waals surface area contributed by atoms with Crippen LogP contribution >= 0.6 is 11.6 Å². The molecule has 0 atom stereocenters. The number of nitrogens with one attached hydrogen (secondary N) is 1. The number of esters is 1. The van der Waals surface area contributed by atoms with Crippen LogP contribution in [0.15, 0.2) is 18.2 Å². The van der Waals surface area contributed by atoms with Crippen molar-refractivity contribution >= 4 is 35.5 Å². The van der Waals surface area contributed by atoms with Gasteiger partial charge in [0.15, 0.2) is 6.29 Å². The summed E-state index contributed by atoms with van der Waals surface area (Å²) < 4.78 is 4.51. The van der Waals surface area contributed by atoms with Crippen molar-refractivity contribution in [1.82, 2.24) is 0 Å². The standard InChI is InChI=1S/C11H10ClNO4/c1-2-17-11(16)10(15)13-8-4-3-7(6-14)9(12)5-8/h3-6H,2H2,1H3,(H,13,15). The Bertz CT molecular complexity index is 459. The van der Waals surface area contributed by atoms with Crippen LogP contribution in [0.25, 0.3) is 0 Å².